The van der Waals surface area contributed by atoms with Crippen molar-refractivity contribution >= 4 is 14.8 Å². The molecule has 0 N–H and O–H groups in total. The fourth-order valence-corrected chi connectivity index (χ4v) is 1.99. The molecule has 0 spiro atoms. The highest BCUT2D eigenvalue weighted by Crippen LogP contribution is 2.32. The molecule has 0 unspecified atom stereocenters. The molecule has 2 aliphatic heterocycles. The number of benzene rings is 2. The van der Waals surface area contributed by atoms with Gasteiger partial charge in [0.25, 0.3) is 0 Å². The van der Waals surface area contributed by atoms with Gasteiger partial charge in [-0.25, -0.2) is 0 Å². The van der Waals surface area contributed by atoms with Crippen LogP contribution in [0, 0.1) is 12.3 Å². The maximum Gasteiger partial charge on any atom is 0.658 e. The van der Waals surface area contributed by atoms with E-state index in [0.717, 1.165) is 23.0 Å². The van der Waals surface area contributed by atoms with Gasteiger partial charge < -0.3 is 23.4 Å². The van der Waals surface area contributed by atoms with E-state index in [4.69, 9.17) is 23.4 Å². The summed E-state index contributed by atoms with van der Waals surface area (Å²) in [7, 11) is 0.962. The van der Waals surface area contributed by atoms with Crippen LogP contribution in [0.5, 0.6) is 23.0 Å². The van der Waals surface area contributed by atoms with Crippen LogP contribution < -0.4 is 18.6 Å². The number of para-hydroxylation sites is 4. The van der Waals surface area contributed by atoms with Crippen LogP contribution in [0.1, 0.15) is 13.8 Å². The lowest BCUT2D eigenvalue weighted by molar-refractivity contribution is 0.269. The highest BCUT2D eigenvalue weighted by atomic mass is 16.6. The second kappa shape index (κ2) is 10.7. The number of ether oxygens (including phenoxy) is 1. The minimum Gasteiger partial charge on any atom is -0.524 e. The van der Waals surface area contributed by atoms with Crippen molar-refractivity contribution in [2.45, 2.75) is 13.8 Å². The van der Waals surface area contributed by atoms with Crippen molar-refractivity contribution in [1.82, 2.24) is 0 Å². The van der Waals surface area contributed by atoms with Gasteiger partial charge in [-0.2, -0.15) is 0 Å². The van der Waals surface area contributed by atoms with Gasteiger partial charge in [-0.3, -0.25) is 0 Å². The van der Waals surface area contributed by atoms with Gasteiger partial charge in [-0.05, 0) is 38.1 Å². The van der Waals surface area contributed by atoms with Crippen molar-refractivity contribution in [3.05, 3.63) is 60.8 Å². The first kappa shape index (κ1) is 19.2. The first-order valence-corrected chi connectivity index (χ1v) is 8.10. The second-order valence-electron chi connectivity index (χ2n) is 4.90. The largest absolute Gasteiger partial charge is 0.658 e. The second-order valence-corrected chi connectivity index (χ2v) is 4.90. The summed E-state index contributed by atoms with van der Waals surface area (Å²) < 4.78 is 25.9. The standard InChI is InChI=1S/C10H11BO3.C6H4BO2.C3H4/c1-2-12-8-7-11-13-9-5-3-4-6-10(9)14-11;1-2-4-6-5(3-1)8-7-9-6;1-3-2/h3-8H,2H2,1H3;1-4H;1H,2H3. The van der Waals surface area contributed by atoms with Gasteiger partial charge in [-0.15, -0.1) is 12.3 Å². The normalized spacial score (nSPS) is 12.1. The average Bonchev–Trinajstić information content (AvgIpc) is 3.29. The quantitative estimate of drug-likeness (QED) is 0.481. The van der Waals surface area contributed by atoms with E-state index in [1.807, 2.05) is 55.5 Å². The zero-order valence-electron chi connectivity index (χ0n) is 14.8. The number of hydrogen-bond donors (Lipinski definition) is 0. The van der Waals surface area contributed by atoms with E-state index in [1.54, 1.807) is 19.2 Å². The first-order chi connectivity index (χ1) is 12.8. The third kappa shape index (κ3) is 5.75. The molecule has 26 heavy (non-hydrogen) atoms. The molecule has 2 heterocycles. The molecule has 0 saturated carbocycles. The molecule has 0 aromatic heterocycles. The molecule has 0 bridgehead atoms. The predicted octanol–water partition coefficient (Wildman–Crippen LogP) is 3.67. The van der Waals surface area contributed by atoms with Crippen LogP contribution in [0.25, 0.3) is 0 Å². The van der Waals surface area contributed by atoms with Crippen LogP contribution in [0.15, 0.2) is 60.8 Å². The minimum absolute atomic E-state index is 0.362. The summed E-state index contributed by atoms with van der Waals surface area (Å²) in [5.74, 6) is 7.12. The fourth-order valence-electron chi connectivity index (χ4n) is 1.99. The molecule has 4 rings (SSSR count). The van der Waals surface area contributed by atoms with Crippen molar-refractivity contribution in [1.29, 1.82) is 0 Å². The van der Waals surface area contributed by atoms with Crippen molar-refractivity contribution in [3.63, 3.8) is 0 Å². The SMILES string of the molecule is C#CC.CCOC=CB1Oc2ccccc2O1.[B]1Oc2ccccc2O1. The third-order valence-electron chi connectivity index (χ3n) is 3.03. The molecule has 0 aliphatic carbocycles. The van der Waals surface area contributed by atoms with Gasteiger partial charge in [0.05, 0.1) is 12.9 Å². The Morgan fingerprint density at radius 1 is 1.00 bits per heavy atom. The van der Waals surface area contributed by atoms with Gasteiger partial charge in [0.15, 0.2) is 0 Å². The Hall–Kier alpha value is -3.13. The maximum atomic E-state index is 5.46. The first-order valence-electron chi connectivity index (χ1n) is 8.10. The smallest absolute Gasteiger partial charge is 0.524 e. The average molecular weight is 349 g/mol. The summed E-state index contributed by atoms with van der Waals surface area (Å²) in [5, 5.41) is 0. The van der Waals surface area contributed by atoms with Crippen LogP contribution >= 0.6 is 0 Å². The molecule has 2 aliphatic rings. The molecular formula is C19H19B2O5. The molecule has 0 saturated heterocycles. The number of fused-ring (bicyclic) bond motifs is 2. The van der Waals surface area contributed by atoms with Crippen LogP contribution in [-0.4, -0.2) is 21.4 Å². The molecule has 5 nitrogen and oxygen atoms in total. The zero-order chi connectivity index (χ0) is 18.6. The van der Waals surface area contributed by atoms with Crippen LogP contribution in [-0.2, 0) is 4.74 Å². The minimum atomic E-state index is -0.362. The van der Waals surface area contributed by atoms with E-state index in [-0.39, 0.29) is 7.12 Å². The third-order valence-corrected chi connectivity index (χ3v) is 3.03. The molecular weight excluding hydrogens is 330 g/mol. The van der Waals surface area contributed by atoms with Gasteiger partial charge in [0, 0.05) is 5.98 Å². The monoisotopic (exact) mass is 349 g/mol. The Kier molecular flexibility index (Phi) is 7.88. The van der Waals surface area contributed by atoms with Gasteiger partial charge in [0.2, 0.25) is 0 Å². The molecule has 0 fully saturated rings. The zero-order valence-corrected chi connectivity index (χ0v) is 14.8. The van der Waals surface area contributed by atoms with E-state index < -0.39 is 0 Å². The van der Waals surface area contributed by atoms with Crippen LogP contribution in [0.4, 0.5) is 0 Å². The van der Waals surface area contributed by atoms with Crippen LogP contribution in [0.3, 0.4) is 0 Å². The number of hydrogen-bond acceptors (Lipinski definition) is 5. The summed E-state index contributed by atoms with van der Waals surface area (Å²) in [6.07, 6.45) is 6.19. The van der Waals surface area contributed by atoms with Crippen molar-refractivity contribution in [2.75, 3.05) is 6.61 Å². The maximum absolute atomic E-state index is 5.46. The molecule has 1 radical (unpaired) electrons. The van der Waals surface area contributed by atoms with Crippen molar-refractivity contribution in [2.24, 2.45) is 0 Å². The summed E-state index contributed by atoms with van der Waals surface area (Å²) in [4.78, 5) is 0. The predicted molar refractivity (Wildman–Crippen MR) is 102 cm³/mol. The number of rotatable bonds is 3. The van der Waals surface area contributed by atoms with Crippen LogP contribution in [0.2, 0.25) is 0 Å². The van der Waals surface area contributed by atoms with E-state index in [0.29, 0.717) is 6.61 Å². The van der Waals surface area contributed by atoms with Crippen molar-refractivity contribution in [3.8, 4) is 35.3 Å². The molecule has 0 amide bonds. The Morgan fingerprint density at radius 2 is 1.46 bits per heavy atom. The molecule has 2 aromatic rings. The van der Waals surface area contributed by atoms with Gasteiger partial charge in [-0.1, -0.05) is 24.3 Å². The Bertz CT molecular complexity index is 710. The summed E-state index contributed by atoms with van der Waals surface area (Å²) in [6.45, 7) is 4.23. The highest BCUT2D eigenvalue weighted by molar-refractivity contribution is 6.53. The molecule has 2 aromatic carbocycles. The van der Waals surface area contributed by atoms with E-state index >= 15 is 0 Å². The van der Waals surface area contributed by atoms with Gasteiger partial charge >= 0.3 is 14.8 Å². The van der Waals surface area contributed by atoms with E-state index in [2.05, 4.69) is 12.3 Å². The summed E-state index contributed by atoms with van der Waals surface area (Å²) in [6, 6.07) is 15.1. The fraction of sp³-hybridized carbons (Fsp3) is 0.158. The Balaban J connectivity index is 0.000000173. The topological polar surface area (TPSA) is 46.2 Å². The Morgan fingerprint density at radius 3 is 1.92 bits per heavy atom. The summed E-state index contributed by atoms with van der Waals surface area (Å²) >= 11 is 0. The number of terminal acetylenes is 1. The van der Waals surface area contributed by atoms with E-state index in [1.165, 1.54) is 7.69 Å². The molecule has 7 heteroatoms. The van der Waals surface area contributed by atoms with Gasteiger partial charge in [0.1, 0.15) is 23.0 Å². The highest BCUT2D eigenvalue weighted by Gasteiger charge is 2.28. The lowest BCUT2D eigenvalue weighted by Crippen LogP contribution is -2.21. The van der Waals surface area contributed by atoms with E-state index in [9.17, 15) is 0 Å². The Labute approximate surface area is 155 Å². The lowest BCUT2D eigenvalue weighted by Gasteiger charge is -1.97. The molecule has 0 atom stereocenters. The lowest BCUT2D eigenvalue weighted by atomic mass is 9.92. The van der Waals surface area contributed by atoms with Crippen molar-refractivity contribution < 1.29 is 23.4 Å². The molecule has 131 valence electrons. The summed E-state index contributed by atoms with van der Waals surface area (Å²) in [5.41, 5.74) is 0.